The highest BCUT2D eigenvalue weighted by Gasteiger charge is 2.02. The fraction of sp³-hybridized carbons (Fsp3) is 0.375. The van der Waals surface area contributed by atoms with Crippen LogP contribution in [0.15, 0.2) is 12.3 Å². The van der Waals surface area contributed by atoms with E-state index in [2.05, 4.69) is 20.9 Å². The SMILES string of the molecule is COc1ccnc(CBr)c1C. The molecule has 1 aromatic rings. The second-order valence-electron chi connectivity index (χ2n) is 2.22. The van der Waals surface area contributed by atoms with Crippen LogP contribution in [-0.4, -0.2) is 12.1 Å². The number of hydrogen-bond acceptors (Lipinski definition) is 2. The molecule has 2 nitrogen and oxygen atoms in total. The highest BCUT2D eigenvalue weighted by atomic mass is 79.9. The fourth-order valence-corrected chi connectivity index (χ4v) is 1.48. The number of aromatic nitrogens is 1. The first-order valence-electron chi connectivity index (χ1n) is 3.34. The Balaban J connectivity index is 3.10. The molecule has 0 aliphatic carbocycles. The van der Waals surface area contributed by atoms with E-state index in [1.807, 2.05) is 13.0 Å². The number of pyridine rings is 1. The number of hydrogen-bond donors (Lipinski definition) is 0. The van der Waals surface area contributed by atoms with Gasteiger partial charge in [-0.15, -0.1) is 0 Å². The second kappa shape index (κ2) is 3.72. The van der Waals surface area contributed by atoms with E-state index in [0.717, 1.165) is 22.3 Å². The normalized spacial score (nSPS) is 9.73. The van der Waals surface area contributed by atoms with Crippen molar-refractivity contribution in [1.82, 2.24) is 4.98 Å². The molecule has 3 heteroatoms. The Bertz CT molecular complexity index is 228. The van der Waals surface area contributed by atoms with Gasteiger partial charge in [-0.3, -0.25) is 4.98 Å². The molecule has 0 saturated heterocycles. The van der Waals surface area contributed by atoms with Crippen molar-refractivity contribution in [2.75, 3.05) is 7.11 Å². The molecule has 0 amide bonds. The molecule has 0 atom stereocenters. The molecular weight excluding hydrogens is 206 g/mol. The van der Waals surface area contributed by atoms with Gasteiger partial charge in [-0.1, -0.05) is 15.9 Å². The van der Waals surface area contributed by atoms with Crippen LogP contribution >= 0.6 is 15.9 Å². The molecule has 0 aliphatic heterocycles. The Labute approximate surface area is 74.7 Å². The molecule has 0 bridgehead atoms. The second-order valence-corrected chi connectivity index (χ2v) is 2.78. The van der Waals surface area contributed by atoms with E-state index < -0.39 is 0 Å². The van der Waals surface area contributed by atoms with Crippen molar-refractivity contribution in [3.05, 3.63) is 23.5 Å². The molecule has 0 saturated carbocycles. The van der Waals surface area contributed by atoms with Gasteiger partial charge in [-0.25, -0.2) is 0 Å². The Morgan fingerprint density at radius 3 is 2.91 bits per heavy atom. The van der Waals surface area contributed by atoms with Crippen molar-refractivity contribution in [1.29, 1.82) is 0 Å². The monoisotopic (exact) mass is 215 g/mol. The summed E-state index contributed by atoms with van der Waals surface area (Å²) in [4.78, 5) is 4.18. The number of nitrogens with zero attached hydrogens (tertiary/aromatic N) is 1. The fourth-order valence-electron chi connectivity index (χ4n) is 0.915. The largest absolute Gasteiger partial charge is 0.496 e. The summed E-state index contributed by atoms with van der Waals surface area (Å²) in [6.45, 7) is 2.00. The summed E-state index contributed by atoms with van der Waals surface area (Å²) in [5.41, 5.74) is 2.14. The standard InChI is InChI=1S/C8H10BrNO/c1-6-7(5-9)10-4-3-8(6)11-2/h3-4H,5H2,1-2H3. The Morgan fingerprint density at radius 1 is 1.64 bits per heavy atom. The molecule has 1 aromatic heterocycles. The van der Waals surface area contributed by atoms with Crippen molar-refractivity contribution in [3.63, 3.8) is 0 Å². The molecule has 1 heterocycles. The molecule has 0 aliphatic rings. The van der Waals surface area contributed by atoms with Gasteiger partial charge in [-0.2, -0.15) is 0 Å². The number of halogens is 1. The summed E-state index contributed by atoms with van der Waals surface area (Å²) in [5, 5.41) is 0.774. The van der Waals surface area contributed by atoms with E-state index in [-0.39, 0.29) is 0 Å². The van der Waals surface area contributed by atoms with Crippen molar-refractivity contribution < 1.29 is 4.74 Å². The summed E-state index contributed by atoms with van der Waals surface area (Å²) in [7, 11) is 1.67. The third-order valence-corrected chi connectivity index (χ3v) is 2.14. The first-order chi connectivity index (χ1) is 5.29. The van der Waals surface area contributed by atoms with Gasteiger partial charge in [0.1, 0.15) is 5.75 Å². The van der Waals surface area contributed by atoms with Crippen LogP contribution in [0.5, 0.6) is 5.75 Å². The maximum Gasteiger partial charge on any atom is 0.125 e. The first-order valence-corrected chi connectivity index (χ1v) is 4.46. The van der Waals surface area contributed by atoms with Crippen molar-refractivity contribution >= 4 is 15.9 Å². The molecule has 0 spiro atoms. The Hall–Kier alpha value is -0.570. The lowest BCUT2D eigenvalue weighted by atomic mass is 10.2. The Morgan fingerprint density at radius 2 is 2.36 bits per heavy atom. The maximum atomic E-state index is 5.13. The minimum atomic E-state index is 0.774. The van der Waals surface area contributed by atoms with Gasteiger partial charge in [0.05, 0.1) is 12.8 Å². The van der Waals surface area contributed by atoms with Crippen LogP contribution in [0.3, 0.4) is 0 Å². The van der Waals surface area contributed by atoms with E-state index in [1.54, 1.807) is 13.3 Å². The molecule has 0 N–H and O–H groups in total. The molecule has 60 valence electrons. The zero-order valence-corrected chi connectivity index (χ0v) is 8.18. The van der Waals surface area contributed by atoms with E-state index in [0.29, 0.717) is 0 Å². The predicted octanol–water partition coefficient (Wildman–Crippen LogP) is 2.29. The zero-order valence-electron chi connectivity index (χ0n) is 6.60. The van der Waals surface area contributed by atoms with Crippen LogP contribution < -0.4 is 4.74 Å². The van der Waals surface area contributed by atoms with Crippen molar-refractivity contribution in [2.24, 2.45) is 0 Å². The number of ether oxygens (including phenoxy) is 1. The van der Waals surface area contributed by atoms with Crippen LogP contribution in [0.4, 0.5) is 0 Å². The molecule has 0 aromatic carbocycles. The van der Waals surface area contributed by atoms with E-state index in [4.69, 9.17) is 4.74 Å². The van der Waals surface area contributed by atoms with Crippen LogP contribution in [0.25, 0.3) is 0 Å². The van der Waals surface area contributed by atoms with E-state index in [9.17, 15) is 0 Å². The quantitative estimate of drug-likeness (QED) is 0.707. The summed E-state index contributed by atoms with van der Waals surface area (Å²) in [5.74, 6) is 0.898. The molecule has 1 rings (SSSR count). The summed E-state index contributed by atoms with van der Waals surface area (Å²) in [6.07, 6.45) is 1.75. The predicted molar refractivity (Wildman–Crippen MR) is 48.2 cm³/mol. The number of rotatable bonds is 2. The average molecular weight is 216 g/mol. The summed E-state index contributed by atoms with van der Waals surface area (Å²) >= 11 is 3.35. The molecule has 0 radical (unpaired) electrons. The van der Waals surface area contributed by atoms with E-state index in [1.165, 1.54) is 0 Å². The lowest BCUT2D eigenvalue weighted by Crippen LogP contribution is -1.93. The van der Waals surface area contributed by atoms with Crippen LogP contribution in [-0.2, 0) is 5.33 Å². The molecule has 0 unspecified atom stereocenters. The maximum absolute atomic E-state index is 5.13. The van der Waals surface area contributed by atoms with Crippen molar-refractivity contribution in [2.45, 2.75) is 12.3 Å². The lowest BCUT2D eigenvalue weighted by molar-refractivity contribution is 0.410. The number of alkyl halides is 1. The number of methoxy groups -OCH3 is 1. The zero-order chi connectivity index (χ0) is 8.27. The first kappa shape index (κ1) is 8.53. The lowest BCUT2D eigenvalue weighted by Gasteiger charge is -2.05. The van der Waals surface area contributed by atoms with Gasteiger partial charge >= 0.3 is 0 Å². The molecule has 0 fully saturated rings. The van der Waals surface area contributed by atoms with Gasteiger partial charge < -0.3 is 4.74 Å². The van der Waals surface area contributed by atoms with E-state index >= 15 is 0 Å². The van der Waals surface area contributed by atoms with Crippen LogP contribution in [0.1, 0.15) is 11.3 Å². The van der Waals surface area contributed by atoms with Gasteiger partial charge in [0.25, 0.3) is 0 Å². The Kier molecular flexibility index (Phi) is 2.88. The van der Waals surface area contributed by atoms with Crippen LogP contribution in [0, 0.1) is 6.92 Å². The summed E-state index contributed by atoms with van der Waals surface area (Å²) < 4.78 is 5.13. The highest BCUT2D eigenvalue weighted by Crippen LogP contribution is 2.19. The molecule has 11 heavy (non-hydrogen) atoms. The smallest absolute Gasteiger partial charge is 0.125 e. The highest BCUT2D eigenvalue weighted by molar-refractivity contribution is 9.08. The van der Waals surface area contributed by atoms with Crippen LogP contribution in [0.2, 0.25) is 0 Å². The third kappa shape index (κ3) is 1.71. The van der Waals surface area contributed by atoms with Gasteiger partial charge in [-0.05, 0) is 13.0 Å². The van der Waals surface area contributed by atoms with Gasteiger partial charge in [0.2, 0.25) is 0 Å². The van der Waals surface area contributed by atoms with Crippen molar-refractivity contribution in [3.8, 4) is 5.75 Å². The minimum absolute atomic E-state index is 0.774. The third-order valence-electron chi connectivity index (χ3n) is 1.61. The topological polar surface area (TPSA) is 22.1 Å². The van der Waals surface area contributed by atoms with Gasteiger partial charge in [0, 0.05) is 17.1 Å². The van der Waals surface area contributed by atoms with Gasteiger partial charge in [0.15, 0.2) is 0 Å². The molecular formula is C8H10BrNO. The summed E-state index contributed by atoms with van der Waals surface area (Å²) in [6, 6.07) is 1.86. The minimum Gasteiger partial charge on any atom is -0.496 e. The average Bonchev–Trinajstić information content (AvgIpc) is 2.05.